The lowest BCUT2D eigenvalue weighted by atomic mass is 10.1. The van der Waals surface area contributed by atoms with Crippen LogP contribution >= 0.6 is 35.0 Å². The first-order chi connectivity index (χ1) is 11.0. The lowest BCUT2D eigenvalue weighted by molar-refractivity contribution is 0.158. The molecule has 0 radical (unpaired) electrons. The van der Waals surface area contributed by atoms with Gasteiger partial charge in [-0.25, -0.2) is 0 Å². The van der Waals surface area contributed by atoms with Crippen molar-refractivity contribution >= 4 is 35.0 Å². The topological polar surface area (TPSA) is 23.5 Å². The second-order valence-electron chi connectivity index (χ2n) is 5.74. The van der Waals surface area contributed by atoms with Gasteiger partial charge in [-0.15, -0.1) is 0 Å². The van der Waals surface area contributed by atoms with Gasteiger partial charge < -0.3 is 10.0 Å². The van der Waals surface area contributed by atoms with Crippen LogP contribution in [-0.2, 0) is 5.75 Å². The van der Waals surface area contributed by atoms with Crippen LogP contribution in [0.25, 0.3) is 0 Å². The van der Waals surface area contributed by atoms with Gasteiger partial charge in [-0.2, -0.15) is 11.8 Å². The molecule has 1 unspecified atom stereocenters. The molecule has 0 heterocycles. The maximum atomic E-state index is 9.69. The van der Waals surface area contributed by atoms with E-state index in [4.69, 9.17) is 23.2 Å². The molecule has 0 spiro atoms. The van der Waals surface area contributed by atoms with Gasteiger partial charge in [-0.05, 0) is 42.2 Å². The van der Waals surface area contributed by atoms with Crippen LogP contribution in [-0.4, -0.2) is 42.5 Å². The zero-order chi connectivity index (χ0) is 16.8. The SMILES string of the molecule is CN(C)CC(O)CSCc1ccc(Cl)cc1Cl.c1cc2ccc1=2. The average molecular weight is 370 g/mol. The highest BCUT2D eigenvalue weighted by Crippen LogP contribution is 2.24. The molecular weight excluding hydrogens is 349 g/mol. The van der Waals surface area contributed by atoms with E-state index in [1.165, 1.54) is 10.4 Å². The van der Waals surface area contributed by atoms with E-state index in [0.717, 1.165) is 11.3 Å². The summed E-state index contributed by atoms with van der Waals surface area (Å²) >= 11 is 13.6. The van der Waals surface area contributed by atoms with Crippen molar-refractivity contribution in [3.63, 3.8) is 0 Å². The molecule has 1 aromatic carbocycles. The van der Waals surface area contributed by atoms with Crippen LogP contribution in [0.4, 0.5) is 0 Å². The van der Waals surface area contributed by atoms with E-state index in [-0.39, 0.29) is 6.10 Å². The zero-order valence-electron chi connectivity index (χ0n) is 13.3. The normalized spacial score (nSPS) is 12.6. The van der Waals surface area contributed by atoms with Crippen molar-refractivity contribution in [3.05, 3.63) is 68.5 Å². The molecule has 0 saturated heterocycles. The summed E-state index contributed by atoms with van der Waals surface area (Å²) in [7, 11) is 3.90. The van der Waals surface area contributed by atoms with Gasteiger partial charge in [0.15, 0.2) is 0 Å². The van der Waals surface area contributed by atoms with Crippen molar-refractivity contribution < 1.29 is 5.11 Å². The van der Waals surface area contributed by atoms with E-state index in [1.54, 1.807) is 17.8 Å². The molecule has 124 valence electrons. The Morgan fingerprint density at radius 1 is 1.04 bits per heavy atom. The lowest BCUT2D eigenvalue weighted by Gasteiger charge is -2.15. The number of hydrogen-bond donors (Lipinski definition) is 1. The van der Waals surface area contributed by atoms with Gasteiger partial charge in [0.2, 0.25) is 0 Å². The predicted octanol–water partition coefficient (Wildman–Crippen LogP) is 4.44. The number of aliphatic hydroxyl groups is 1. The van der Waals surface area contributed by atoms with Gasteiger partial charge in [0.1, 0.15) is 0 Å². The van der Waals surface area contributed by atoms with E-state index in [1.807, 2.05) is 31.1 Å². The number of halogens is 2. The molecule has 2 nitrogen and oxygen atoms in total. The van der Waals surface area contributed by atoms with Crippen LogP contribution in [0.15, 0.2) is 42.5 Å². The quantitative estimate of drug-likeness (QED) is 0.694. The highest BCUT2D eigenvalue weighted by atomic mass is 35.5. The number of likely N-dealkylation sites (N-methyl/N-ethyl adjacent to an activating group) is 1. The Bertz CT molecular complexity index is 686. The molecule has 0 amide bonds. The molecule has 0 bridgehead atoms. The van der Waals surface area contributed by atoms with Crippen molar-refractivity contribution in [2.75, 3.05) is 26.4 Å². The van der Waals surface area contributed by atoms with Crippen LogP contribution in [0.1, 0.15) is 5.56 Å². The predicted molar refractivity (Wildman–Crippen MR) is 101 cm³/mol. The van der Waals surface area contributed by atoms with Crippen LogP contribution in [0.2, 0.25) is 10.0 Å². The molecule has 0 saturated carbocycles. The molecule has 5 heteroatoms. The molecule has 0 aromatic heterocycles. The van der Waals surface area contributed by atoms with Gasteiger partial charge in [-0.1, -0.05) is 53.5 Å². The van der Waals surface area contributed by atoms with Crippen LogP contribution in [0.5, 0.6) is 0 Å². The standard InChI is InChI=1S/C12H17Cl2NOS.C6H4/c1-15(2)6-11(16)8-17-7-9-3-4-10(13)5-12(9)14;1-2-6-4-3-5(1)6/h3-5,11,16H,6-8H2,1-2H3;1-4H. The highest BCUT2D eigenvalue weighted by molar-refractivity contribution is 7.98. The Hall–Kier alpha value is -0.710. The van der Waals surface area contributed by atoms with Crippen molar-refractivity contribution in [1.82, 2.24) is 4.90 Å². The second-order valence-corrected chi connectivity index (χ2v) is 7.62. The molecular formula is C18H21Cl2NOS. The van der Waals surface area contributed by atoms with Crippen LogP contribution in [0.3, 0.4) is 0 Å². The van der Waals surface area contributed by atoms with E-state index < -0.39 is 0 Å². The smallest absolute Gasteiger partial charge is 0.0757 e. The number of benzene rings is 2. The van der Waals surface area contributed by atoms with Gasteiger partial charge in [-0.3, -0.25) is 0 Å². The van der Waals surface area contributed by atoms with Crippen molar-refractivity contribution in [3.8, 4) is 0 Å². The Kier molecular flexibility index (Phi) is 7.25. The van der Waals surface area contributed by atoms with Crippen LogP contribution in [0, 0.1) is 10.4 Å². The Morgan fingerprint density at radius 2 is 1.65 bits per heavy atom. The molecule has 1 atom stereocenters. The fourth-order valence-corrected chi connectivity index (χ4v) is 3.60. The first-order valence-electron chi connectivity index (χ1n) is 7.40. The number of thioether (sulfide) groups is 1. The third kappa shape index (κ3) is 6.02. The molecule has 2 aliphatic rings. The molecule has 3 rings (SSSR count). The van der Waals surface area contributed by atoms with E-state index >= 15 is 0 Å². The summed E-state index contributed by atoms with van der Waals surface area (Å²) in [6.07, 6.45) is -0.305. The summed E-state index contributed by atoms with van der Waals surface area (Å²) in [6, 6.07) is 14.0. The molecule has 0 fully saturated rings. The van der Waals surface area contributed by atoms with Gasteiger partial charge in [0.05, 0.1) is 6.10 Å². The zero-order valence-corrected chi connectivity index (χ0v) is 15.6. The summed E-state index contributed by atoms with van der Waals surface area (Å²) in [6.45, 7) is 0.682. The lowest BCUT2D eigenvalue weighted by Crippen LogP contribution is -2.27. The first-order valence-corrected chi connectivity index (χ1v) is 9.31. The number of hydrogen-bond acceptors (Lipinski definition) is 3. The fourth-order valence-electron chi connectivity index (χ4n) is 2.08. The molecule has 2 aliphatic carbocycles. The minimum Gasteiger partial charge on any atom is -0.391 e. The van der Waals surface area contributed by atoms with Gasteiger partial charge in [0.25, 0.3) is 0 Å². The Balaban J connectivity index is 0.000000260. The third-order valence-corrected chi connectivity index (χ3v) is 5.10. The minimum absolute atomic E-state index is 0.305. The van der Waals surface area contributed by atoms with Gasteiger partial charge in [0, 0.05) is 28.1 Å². The monoisotopic (exact) mass is 369 g/mol. The second kappa shape index (κ2) is 8.95. The Labute approximate surface area is 151 Å². The summed E-state index contributed by atoms with van der Waals surface area (Å²) in [4.78, 5) is 1.97. The maximum Gasteiger partial charge on any atom is 0.0757 e. The Morgan fingerprint density at radius 3 is 2.09 bits per heavy atom. The maximum absolute atomic E-state index is 9.69. The fraction of sp³-hybridized carbons (Fsp3) is 0.333. The number of nitrogens with zero attached hydrogens (tertiary/aromatic N) is 1. The van der Waals surface area contributed by atoms with Crippen molar-refractivity contribution in [2.45, 2.75) is 11.9 Å². The van der Waals surface area contributed by atoms with Crippen LogP contribution < -0.4 is 0 Å². The average Bonchev–Trinajstić information content (AvgIpc) is 2.45. The summed E-state index contributed by atoms with van der Waals surface area (Å²) in [5.74, 6) is 1.50. The molecule has 23 heavy (non-hydrogen) atoms. The summed E-state index contributed by atoms with van der Waals surface area (Å²) in [5, 5.41) is 13.9. The summed E-state index contributed by atoms with van der Waals surface area (Å²) in [5.41, 5.74) is 1.05. The largest absolute Gasteiger partial charge is 0.391 e. The third-order valence-electron chi connectivity index (χ3n) is 3.38. The number of rotatable bonds is 6. The minimum atomic E-state index is -0.305. The van der Waals surface area contributed by atoms with E-state index in [9.17, 15) is 5.11 Å². The molecule has 1 aromatic rings. The van der Waals surface area contributed by atoms with Gasteiger partial charge >= 0.3 is 0 Å². The van der Waals surface area contributed by atoms with Crippen molar-refractivity contribution in [1.29, 1.82) is 0 Å². The molecule has 1 N–H and O–H groups in total. The molecule has 0 aliphatic heterocycles. The van der Waals surface area contributed by atoms with E-state index in [0.29, 0.717) is 22.3 Å². The summed E-state index contributed by atoms with van der Waals surface area (Å²) < 4.78 is 0. The van der Waals surface area contributed by atoms with Crippen molar-refractivity contribution in [2.24, 2.45) is 0 Å². The van der Waals surface area contributed by atoms with E-state index in [2.05, 4.69) is 24.3 Å². The first kappa shape index (κ1) is 18.6. The number of aliphatic hydroxyl groups excluding tert-OH is 1. The highest BCUT2D eigenvalue weighted by Gasteiger charge is 2.07.